The first-order chi connectivity index (χ1) is 5.70. The van der Waals surface area contributed by atoms with Gasteiger partial charge in [-0.1, -0.05) is 0 Å². The van der Waals surface area contributed by atoms with Gasteiger partial charge in [-0.15, -0.1) is 0 Å². The van der Waals surface area contributed by atoms with E-state index in [4.69, 9.17) is 5.73 Å². The van der Waals surface area contributed by atoms with Gasteiger partial charge in [0, 0.05) is 6.54 Å². The van der Waals surface area contributed by atoms with Crippen molar-refractivity contribution in [2.24, 2.45) is 5.73 Å². The van der Waals surface area contributed by atoms with Crippen LogP contribution in [0.25, 0.3) is 0 Å². The molecule has 5 heteroatoms. The summed E-state index contributed by atoms with van der Waals surface area (Å²) in [7, 11) is 0. The third-order valence-corrected chi connectivity index (χ3v) is 1.14. The zero-order valence-corrected chi connectivity index (χ0v) is 7.13. The van der Waals surface area contributed by atoms with Crippen molar-refractivity contribution in [1.82, 2.24) is 5.32 Å². The standard InChI is InChI=1S/C7H14N2O3/c1-2-12-7(11)3-4-9-6(10)5-8/h2-5,8H2,1H3,(H,9,10). The smallest absolute Gasteiger partial charge is 0.307 e. The average Bonchev–Trinajstić information content (AvgIpc) is 2.04. The molecule has 0 aromatic carbocycles. The molecule has 5 nitrogen and oxygen atoms in total. The molecule has 0 spiro atoms. The number of amides is 1. The molecular weight excluding hydrogens is 160 g/mol. The van der Waals surface area contributed by atoms with Crippen LogP contribution in [0.5, 0.6) is 0 Å². The summed E-state index contributed by atoms with van der Waals surface area (Å²) in [6.45, 7) is 2.33. The van der Waals surface area contributed by atoms with Crippen molar-refractivity contribution in [3.8, 4) is 0 Å². The highest BCUT2D eigenvalue weighted by Gasteiger charge is 2.01. The molecule has 0 aromatic rings. The molecule has 0 unspecified atom stereocenters. The third kappa shape index (κ3) is 5.67. The average molecular weight is 174 g/mol. The summed E-state index contributed by atoms with van der Waals surface area (Å²) < 4.78 is 4.64. The predicted octanol–water partition coefficient (Wildman–Crippen LogP) is -0.985. The Morgan fingerprint density at radius 1 is 1.50 bits per heavy atom. The molecule has 0 heterocycles. The fourth-order valence-corrected chi connectivity index (χ4v) is 0.609. The van der Waals surface area contributed by atoms with Crippen LogP contribution in [-0.4, -0.2) is 31.6 Å². The lowest BCUT2D eigenvalue weighted by Gasteiger charge is -2.02. The molecule has 0 rings (SSSR count). The van der Waals surface area contributed by atoms with E-state index in [2.05, 4.69) is 10.1 Å². The number of nitrogens with one attached hydrogen (secondary N) is 1. The lowest BCUT2D eigenvalue weighted by molar-refractivity contribution is -0.143. The van der Waals surface area contributed by atoms with Gasteiger partial charge < -0.3 is 15.8 Å². The van der Waals surface area contributed by atoms with Crippen LogP contribution in [0.3, 0.4) is 0 Å². The quantitative estimate of drug-likeness (QED) is 0.524. The normalized spacial score (nSPS) is 9.17. The summed E-state index contributed by atoms with van der Waals surface area (Å²) in [6.07, 6.45) is 0.194. The van der Waals surface area contributed by atoms with Crippen molar-refractivity contribution < 1.29 is 14.3 Å². The number of hydrogen-bond acceptors (Lipinski definition) is 4. The zero-order chi connectivity index (χ0) is 9.40. The van der Waals surface area contributed by atoms with Gasteiger partial charge in [0.05, 0.1) is 19.6 Å². The Morgan fingerprint density at radius 3 is 2.67 bits per heavy atom. The number of esters is 1. The number of nitrogens with two attached hydrogens (primary N) is 1. The summed E-state index contributed by atoms with van der Waals surface area (Å²) in [4.78, 5) is 21.3. The van der Waals surface area contributed by atoms with Crippen LogP contribution in [0.2, 0.25) is 0 Å². The van der Waals surface area contributed by atoms with Crippen molar-refractivity contribution in [1.29, 1.82) is 0 Å². The first-order valence-corrected chi connectivity index (χ1v) is 3.83. The number of ether oxygens (including phenoxy) is 1. The van der Waals surface area contributed by atoms with Gasteiger partial charge in [0.2, 0.25) is 5.91 Å². The van der Waals surface area contributed by atoms with Gasteiger partial charge in [-0.25, -0.2) is 0 Å². The van der Waals surface area contributed by atoms with E-state index in [9.17, 15) is 9.59 Å². The number of rotatable bonds is 5. The molecule has 0 aromatic heterocycles. The lowest BCUT2D eigenvalue weighted by Crippen LogP contribution is -2.32. The van der Waals surface area contributed by atoms with Crippen LogP contribution >= 0.6 is 0 Å². The number of hydrogen-bond donors (Lipinski definition) is 2. The monoisotopic (exact) mass is 174 g/mol. The largest absolute Gasteiger partial charge is 0.466 e. The molecule has 70 valence electrons. The minimum absolute atomic E-state index is 0.0528. The maximum absolute atomic E-state index is 10.7. The fourth-order valence-electron chi connectivity index (χ4n) is 0.609. The second-order valence-electron chi connectivity index (χ2n) is 2.11. The van der Waals surface area contributed by atoms with E-state index in [1.807, 2.05) is 0 Å². The van der Waals surface area contributed by atoms with Crippen LogP contribution in [0.1, 0.15) is 13.3 Å². The molecular formula is C7H14N2O3. The van der Waals surface area contributed by atoms with Crippen LogP contribution in [0.15, 0.2) is 0 Å². The molecule has 0 fully saturated rings. The Hall–Kier alpha value is -1.10. The molecule has 0 aliphatic carbocycles. The molecule has 3 N–H and O–H groups in total. The van der Waals surface area contributed by atoms with Crippen LogP contribution in [0, 0.1) is 0 Å². The Labute approximate surface area is 71.3 Å². The van der Waals surface area contributed by atoms with Crippen molar-refractivity contribution in [3.05, 3.63) is 0 Å². The van der Waals surface area contributed by atoms with Gasteiger partial charge in [-0.2, -0.15) is 0 Å². The highest BCUT2D eigenvalue weighted by molar-refractivity contribution is 5.78. The Morgan fingerprint density at radius 2 is 2.17 bits per heavy atom. The maximum atomic E-state index is 10.7. The second-order valence-corrected chi connectivity index (χ2v) is 2.11. The van der Waals surface area contributed by atoms with E-state index in [0.717, 1.165) is 0 Å². The molecule has 0 atom stereocenters. The van der Waals surface area contributed by atoms with Gasteiger partial charge in [-0.3, -0.25) is 9.59 Å². The Bertz CT molecular complexity index is 159. The van der Waals surface area contributed by atoms with Crippen molar-refractivity contribution in [2.45, 2.75) is 13.3 Å². The zero-order valence-electron chi connectivity index (χ0n) is 7.13. The minimum Gasteiger partial charge on any atom is -0.466 e. The topological polar surface area (TPSA) is 81.4 Å². The highest BCUT2D eigenvalue weighted by Crippen LogP contribution is 1.83. The van der Waals surface area contributed by atoms with Crippen molar-refractivity contribution in [3.63, 3.8) is 0 Å². The minimum atomic E-state index is -0.310. The van der Waals surface area contributed by atoms with Gasteiger partial charge in [0.25, 0.3) is 0 Å². The number of carbonyl (C=O) groups is 2. The van der Waals surface area contributed by atoms with E-state index in [1.54, 1.807) is 6.92 Å². The first kappa shape index (κ1) is 10.9. The summed E-state index contributed by atoms with van der Waals surface area (Å²) >= 11 is 0. The third-order valence-electron chi connectivity index (χ3n) is 1.14. The molecule has 0 bridgehead atoms. The first-order valence-electron chi connectivity index (χ1n) is 3.83. The molecule has 1 amide bonds. The van der Waals surface area contributed by atoms with Crippen LogP contribution < -0.4 is 11.1 Å². The fraction of sp³-hybridized carbons (Fsp3) is 0.714. The van der Waals surface area contributed by atoms with Crippen molar-refractivity contribution >= 4 is 11.9 Å². The van der Waals surface area contributed by atoms with E-state index in [-0.39, 0.29) is 31.4 Å². The molecule has 0 aliphatic heterocycles. The van der Waals surface area contributed by atoms with E-state index < -0.39 is 0 Å². The van der Waals surface area contributed by atoms with Gasteiger partial charge in [0.1, 0.15) is 0 Å². The van der Waals surface area contributed by atoms with Crippen LogP contribution in [-0.2, 0) is 14.3 Å². The summed E-state index contributed by atoms with van der Waals surface area (Å²) in [6, 6.07) is 0. The maximum Gasteiger partial charge on any atom is 0.307 e. The molecule has 0 radical (unpaired) electrons. The Kier molecular flexibility index (Phi) is 6.00. The molecule has 0 saturated carbocycles. The Balaban J connectivity index is 3.30. The molecule has 12 heavy (non-hydrogen) atoms. The second kappa shape index (κ2) is 6.60. The molecule has 0 saturated heterocycles. The lowest BCUT2D eigenvalue weighted by atomic mass is 10.4. The summed E-state index contributed by atoms with van der Waals surface area (Å²) in [5, 5.41) is 2.46. The van der Waals surface area contributed by atoms with Crippen molar-refractivity contribution in [2.75, 3.05) is 19.7 Å². The molecule has 0 aliphatic rings. The van der Waals surface area contributed by atoms with E-state index in [1.165, 1.54) is 0 Å². The van der Waals surface area contributed by atoms with Gasteiger partial charge in [-0.05, 0) is 6.92 Å². The summed E-state index contributed by atoms with van der Waals surface area (Å²) in [5.41, 5.74) is 5.02. The number of carbonyl (C=O) groups excluding carboxylic acids is 2. The van der Waals surface area contributed by atoms with E-state index in [0.29, 0.717) is 6.61 Å². The summed E-state index contributed by atoms with van der Waals surface area (Å²) in [5.74, 6) is -0.575. The highest BCUT2D eigenvalue weighted by atomic mass is 16.5. The van der Waals surface area contributed by atoms with E-state index >= 15 is 0 Å². The van der Waals surface area contributed by atoms with Gasteiger partial charge in [0.15, 0.2) is 0 Å². The van der Waals surface area contributed by atoms with Crippen LogP contribution in [0.4, 0.5) is 0 Å². The predicted molar refractivity (Wildman–Crippen MR) is 43.3 cm³/mol. The van der Waals surface area contributed by atoms with Gasteiger partial charge >= 0.3 is 5.97 Å². The SMILES string of the molecule is CCOC(=O)CCNC(=O)CN.